The molecule has 3 N–H and O–H groups in total. The number of carbonyl (C=O) groups is 1. The van der Waals surface area contributed by atoms with Crippen LogP contribution in [0.1, 0.15) is 23.2 Å². The van der Waals surface area contributed by atoms with E-state index in [0.29, 0.717) is 12.2 Å². The molecule has 2 aromatic carbocycles. The Morgan fingerprint density at radius 1 is 1.20 bits per heavy atom. The van der Waals surface area contributed by atoms with E-state index in [9.17, 15) is 13.6 Å². The van der Waals surface area contributed by atoms with Gasteiger partial charge in [0.1, 0.15) is 17.4 Å². The van der Waals surface area contributed by atoms with Crippen molar-refractivity contribution in [3.05, 3.63) is 53.6 Å². The van der Waals surface area contributed by atoms with Crippen molar-refractivity contribution in [2.75, 3.05) is 23.8 Å². The number of nitrogens with one attached hydrogen (secondary N) is 2. The molecular weight excluding hydrogens is 330 g/mol. The summed E-state index contributed by atoms with van der Waals surface area (Å²) >= 11 is 0. The van der Waals surface area contributed by atoms with Crippen molar-refractivity contribution >= 4 is 17.3 Å². The molecule has 1 saturated heterocycles. The quantitative estimate of drug-likeness (QED) is 0.773. The predicted octanol–water partition coefficient (Wildman–Crippen LogP) is 3.51. The molecule has 5 nitrogen and oxygen atoms in total. The Bertz CT molecular complexity index is 777. The standard InChI is InChI=1S/C18H18F2N2O3/c19-15-9-12(23)4-5-14(15)18(24)22-11-3-6-17(16(20)8-11)21-10-13-2-1-7-25-13/h3-6,8-9,13,21,23H,1-2,7,10H2,(H,22,24). The summed E-state index contributed by atoms with van der Waals surface area (Å²) in [5, 5.41) is 14.6. The molecule has 2 aromatic rings. The summed E-state index contributed by atoms with van der Waals surface area (Å²) in [5.74, 6) is -2.38. The lowest BCUT2D eigenvalue weighted by molar-refractivity contribution is 0.102. The average molecular weight is 348 g/mol. The molecule has 0 spiro atoms. The van der Waals surface area contributed by atoms with Crippen LogP contribution in [0.4, 0.5) is 20.2 Å². The van der Waals surface area contributed by atoms with Gasteiger partial charge in [0.25, 0.3) is 5.91 Å². The van der Waals surface area contributed by atoms with Gasteiger partial charge in [0.15, 0.2) is 0 Å². The van der Waals surface area contributed by atoms with Crippen LogP contribution in [-0.2, 0) is 4.74 Å². The first-order valence-electron chi connectivity index (χ1n) is 7.98. The molecule has 0 bridgehead atoms. The summed E-state index contributed by atoms with van der Waals surface area (Å²) in [6, 6.07) is 7.40. The van der Waals surface area contributed by atoms with Crippen LogP contribution in [0.25, 0.3) is 0 Å². The van der Waals surface area contributed by atoms with E-state index in [4.69, 9.17) is 9.84 Å². The molecule has 1 aliphatic rings. The van der Waals surface area contributed by atoms with Crippen molar-refractivity contribution in [3.8, 4) is 5.75 Å². The smallest absolute Gasteiger partial charge is 0.258 e. The highest BCUT2D eigenvalue weighted by Gasteiger charge is 2.16. The molecule has 0 aliphatic carbocycles. The summed E-state index contributed by atoms with van der Waals surface area (Å²) in [6.07, 6.45) is 2.03. The first kappa shape index (κ1) is 17.2. The van der Waals surface area contributed by atoms with Crippen molar-refractivity contribution in [1.82, 2.24) is 0 Å². The summed E-state index contributed by atoms with van der Waals surface area (Å²) in [7, 11) is 0. The van der Waals surface area contributed by atoms with Gasteiger partial charge in [0.05, 0.1) is 17.4 Å². The first-order chi connectivity index (χ1) is 12.0. The maximum atomic E-state index is 14.1. The van der Waals surface area contributed by atoms with E-state index < -0.39 is 17.5 Å². The topological polar surface area (TPSA) is 70.6 Å². The molecule has 1 atom stereocenters. The van der Waals surface area contributed by atoms with E-state index in [1.807, 2.05) is 0 Å². The minimum absolute atomic E-state index is 0.0799. The molecule has 25 heavy (non-hydrogen) atoms. The summed E-state index contributed by atoms with van der Waals surface area (Å²) in [6.45, 7) is 1.25. The fourth-order valence-corrected chi connectivity index (χ4v) is 2.65. The lowest BCUT2D eigenvalue weighted by atomic mass is 10.1. The van der Waals surface area contributed by atoms with Gasteiger partial charge in [-0.05, 0) is 43.2 Å². The highest BCUT2D eigenvalue weighted by molar-refractivity contribution is 6.04. The second-order valence-electron chi connectivity index (χ2n) is 5.83. The second kappa shape index (κ2) is 7.48. The predicted molar refractivity (Wildman–Crippen MR) is 89.9 cm³/mol. The van der Waals surface area contributed by atoms with Crippen molar-refractivity contribution in [1.29, 1.82) is 0 Å². The molecule has 1 unspecified atom stereocenters. The molecule has 0 aromatic heterocycles. The number of aromatic hydroxyl groups is 1. The maximum Gasteiger partial charge on any atom is 0.258 e. The van der Waals surface area contributed by atoms with Gasteiger partial charge in [-0.25, -0.2) is 8.78 Å². The molecule has 1 heterocycles. The van der Waals surface area contributed by atoms with Gasteiger partial charge in [-0.15, -0.1) is 0 Å². The minimum atomic E-state index is -0.854. The van der Waals surface area contributed by atoms with E-state index >= 15 is 0 Å². The van der Waals surface area contributed by atoms with Crippen LogP contribution in [0.15, 0.2) is 36.4 Å². The SMILES string of the molecule is O=C(Nc1ccc(NCC2CCCO2)c(F)c1)c1ccc(O)cc1F. The number of phenols is 1. The number of amides is 1. The van der Waals surface area contributed by atoms with Crippen molar-refractivity contribution in [3.63, 3.8) is 0 Å². The van der Waals surface area contributed by atoms with E-state index in [1.54, 1.807) is 0 Å². The van der Waals surface area contributed by atoms with E-state index in [0.717, 1.165) is 37.6 Å². The van der Waals surface area contributed by atoms with Crippen LogP contribution >= 0.6 is 0 Å². The van der Waals surface area contributed by atoms with Crippen LogP contribution in [0.3, 0.4) is 0 Å². The van der Waals surface area contributed by atoms with Crippen LogP contribution in [-0.4, -0.2) is 30.3 Å². The Hall–Kier alpha value is -2.67. The molecule has 1 aliphatic heterocycles. The molecule has 1 amide bonds. The Morgan fingerprint density at radius 3 is 2.72 bits per heavy atom. The molecule has 7 heteroatoms. The lowest BCUT2D eigenvalue weighted by Gasteiger charge is -2.13. The van der Waals surface area contributed by atoms with Crippen LogP contribution in [0.2, 0.25) is 0 Å². The number of halogens is 2. The van der Waals surface area contributed by atoms with Crippen molar-refractivity contribution in [2.45, 2.75) is 18.9 Å². The fourth-order valence-electron chi connectivity index (χ4n) is 2.65. The Kier molecular flexibility index (Phi) is 5.14. The molecular formula is C18H18F2N2O3. The molecule has 3 rings (SSSR count). The largest absolute Gasteiger partial charge is 0.508 e. The van der Waals surface area contributed by atoms with Crippen LogP contribution in [0.5, 0.6) is 5.75 Å². The lowest BCUT2D eigenvalue weighted by Crippen LogP contribution is -2.19. The van der Waals surface area contributed by atoms with Crippen molar-refractivity contribution < 1.29 is 23.4 Å². The number of hydrogen-bond acceptors (Lipinski definition) is 4. The Morgan fingerprint density at radius 2 is 2.04 bits per heavy atom. The van der Waals surface area contributed by atoms with Gasteiger partial charge in [-0.2, -0.15) is 0 Å². The third-order valence-corrected chi connectivity index (χ3v) is 3.97. The Labute approximate surface area is 143 Å². The average Bonchev–Trinajstić information content (AvgIpc) is 3.07. The number of ether oxygens (including phenoxy) is 1. The van der Waals surface area contributed by atoms with E-state index in [-0.39, 0.29) is 23.1 Å². The summed E-state index contributed by atoms with van der Waals surface area (Å²) in [4.78, 5) is 12.1. The number of anilines is 2. The number of carbonyl (C=O) groups excluding carboxylic acids is 1. The highest BCUT2D eigenvalue weighted by Crippen LogP contribution is 2.22. The number of rotatable bonds is 5. The zero-order valence-corrected chi connectivity index (χ0v) is 13.4. The molecule has 0 radical (unpaired) electrons. The molecule has 1 fully saturated rings. The van der Waals surface area contributed by atoms with Crippen molar-refractivity contribution in [2.24, 2.45) is 0 Å². The third-order valence-electron chi connectivity index (χ3n) is 3.97. The first-order valence-corrected chi connectivity index (χ1v) is 7.98. The van der Waals surface area contributed by atoms with Gasteiger partial charge in [-0.1, -0.05) is 0 Å². The van der Waals surface area contributed by atoms with Crippen LogP contribution in [0, 0.1) is 11.6 Å². The zero-order valence-electron chi connectivity index (χ0n) is 13.4. The summed E-state index contributed by atoms with van der Waals surface area (Å²) < 4.78 is 33.3. The van der Waals surface area contributed by atoms with E-state index in [2.05, 4.69) is 10.6 Å². The minimum Gasteiger partial charge on any atom is -0.508 e. The van der Waals surface area contributed by atoms with Gasteiger partial charge in [0.2, 0.25) is 0 Å². The van der Waals surface area contributed by atoms with Crippen LogP contribution < -0.4 is 10.6 Å². The van der Waals surface area contributed by atoms with Gasteiger partial charge in [0, 0.05) is 24.9 Å². The highest BCUT2D eigenvalue weighted by atomic mass is 19.1. The summed E-state index contributed by atoms with van der Waals surface area (Å²) in [5.41, 5.74) is 0.278. The normalized spacial score (nSPS) is 16.6. The van der Waals surface area contributed by atoms with E-state index in [1.165, 1.54) is 18.2 Å². The molecule has 0 saturated carbocycles. The third kappa shape index (κ3) is 4.24. The number of benzene rings is 2. The van der Waals surface area contributed by atoms with Gasteiger partial charge < -0.3 is 20.5 Å². The fraction of sp³-hybridized carbons (Fsp3) is 0.278. The second-order valence-corrected chi connectivity index (χ2v) is 5.83. The monoisotopic (exact) mass is 348 g/mol. The zero-order chi connectivity index (χ0) is 17.8. The number of hydrogen-bond donors (Lipinski definition) is 3. The molecule has 132 valence electrons. The number of phenolic OH excluding ortho intramolecular Hbond substituents is 1. The van der Waals surface area contributed by atoms with Gasteiger partial charge in [-0.3, -0.25) is 4.79 Å². The maximum absolute atomic E-state index is 14.1. The Balaban J connectivity index is 1.64. The van der Waals surface area contributed by atoms with Gasteiger partial charge >= 0.3 is 0 Å².